The van der Waals surface area contributed by atoms with Gasteiger partial charge in [0.2, 0.25) is 0 Å². The summed E-state index contributed by atoms with van der Waals surface area (Å²) in [4.78, 5) is 12.2. The number of hydrogen-bond donors (Lipinski definition) is 1. The molecule has 32 heavy (non-hydrogen) atoms. The van der Waals surface area contributed by atoms with Crippen LogP contribution >= 0.6 is 50.8 Å². The number of hydrogen-bond acceptors (Lipinski definition) is 7. The van der Waals surface area contributed by atoms with Crippen molar-refractivity contribution in [2.45, 2.75) is 21.4 Å². The van der Waals surface area contributed by atoms with Crippen LogP contribution in [0.3, 0.4) is 0 Å². The fourth-order valence-corrected chi connectivity index (χ4v) is 6.01. The fourth-order valence-electron chi connectivity index (χ4n) is 2.93. The van der Waals surface area contributed by atoms with Crippen LogP contribution in [0.2, 0.25) is 0 Å². The first-order valence-electron chi connectivity index (χ1n) is 9.73. The highest BCUT2D eigenvalue weighted by Gasteiger charge is 2.10. The fraction of sp³-hybridized carbons (Fsp3) is 0.130. The molecule has 0 aliphatic carbocycles. The van der Waals surface area contributed by atoms with Crippen LogP contribution in [-0.2, 0) is 10.5 Å². The monoisotopic (exact) mass is 542 g/mol. The van der Waals surface area contributed by atoms with Gasteiger partial charge in [-0.2, -0.15) is 5.10 Å². The Balaban J connectivity index is 1.27. The highest BCUT2D eigenvalue weighted by molar-refractivity contribution is 9.10. The van der Waals surface area contributed by atoms with Crippen LogP contribution in [0.1, 0.15) is 18.1 Å². The van der Waals surface area contributed by atoms with Crippen LogP contribution < -0.4 is 5.43 Å². The average molecular weight is 544 g/mol. The molecule has 5 nitrogen and oxygen atoms in total. The van der Waals surface area contributed by atoms with E-state index in [2.05, 4.69) is 79.1 Å². The maximum Gasteiger partial charge on any atom is 0.250 e. The molecule has 1 heterocycles. The third-order valence-electron chi connectivity index (χ3n) is 4.56. The Bertz CT molecular complexity index is 1250. The van der Waals surface area contributed by atoms with Crippen molar-refractivity contribution < 1.29 is 4.79 Å². The maximum absolute atomic E-state index is 12.2. The lowest BCUT2D eigenvalue weighted by Crippen LogP contribution is -2.21. The number of fused-ring (bicyclic) bond motifs is 1. The van der Waals surface area contributed by atoms with E-state index < -0.39 is 0 Å². The smallest absolute Gasteiger partial charge is 0.250 e. The lowest BCUT2D eigenvalue weighted by atomic mass is 10.1. The number of halogens is 1. The Morgan fingerprint density at radius 2 is 1.72 bits per heavy atom. The number of carbonyl (C=O) groups excluding carboxylic acids is 1. The number of carbonyl (C=O) groups is 1. The van der Waals surface area contributed by atoms with Crippen molar-refractivity contribution in [2.24, 2.45) is 5.10 Å². The van der Waals surface area contributed by atoms with E-state index in [1.54, 1.807) is 11.8 Å². The van der Waals surface area contributed by atoms with E-state index in [0.717, 1.165) is 30.2 Å². The lowest BCUT2D eigenvalue weighted by Gasteiger charge is -2.04. The van der Waals surface area contributed by atoms with Crippen LogP contribution in [0.5, 0.6) is 0 Å². The number of thioether (sulfide) groups is 2. The van der Waals surface area contributed by atoms with Gasteiger partial charge in [-0.15, -0.1) is 10.2 Å². The number of benzene rings is 3. The highest BCUT2D eigenvalue weighted by atomic mass is 79.9. The van der Waals surface area contributed by atoms with E-state index >= 15 is 0 Å². The second-order valence-corrected chi connectivity index (χ2v) is 11.1. The third kappa shape index (κ3) is 6.19. The molecule has 1 aromatic heterocycles. The van der Waals surface area contributed by atoms with Crippen molar-refractivity contribution in [3.05, 3.63) is 82.3 Å². The van der Waals surface area contributed by atoms with Gasteiger partial charge in [0.05, 0.1) is 11.5 Å². The van der Waals surface area contributed by atoms with Crippen molar-refractivity contribution in [3.8, 4) is 0 Å². The van der Waals surface area contributed by atoms with E-state index in [-0.39, 0.29) is 11.7 Å². The molecule has 0 radical (unpaired) electrons. The second-order valence-electron chi connectivity index (χ2n) is 6.79. The molecule has 9 heteroatoms. The van der Waals surface area contributed by atoms with Gasteiger partial charge in [-0.1, -0.05) is 105 Å². The van der Waals surface area contributed by atoms with Gasteiger partial charge in [0.15, 0.2) is 8.68 Å². The van der Waals surface area contributed by atoms with Crippen LogP contribution in [0.25, 0.3) is 10.8 Å². The van der Waals surface area contributed by atoms with Gasteiger partial charge in [0, 0.05) is 10.2 Å². The first-order chi connectivity index (χ1) is 15.6. The van der Waals surface area contributed by atoms with Crippen molar-refractivity contribution in [2.75, 3.05) is 5.75 Å². The number of rotatable bonds is 8. The van der Waals surface area contributed by atoms with Gasteiger partial charge in [-0.05, 0) is 41.0 Å². The zero-order valence-corrected chi connectivity index (χ0v) is 21.2. The second kappa shape index (κ2) is 11.1. The summed E-state index contributed by atoms with van der Waals surface area (Å²) < 4.78 is 2.67. The molecular formula is C23H19BrN4OS3. The Morgan fingerprint density at radius 3 is 2.53 bits per heavy atom. The summed E-state index contributed by atoms with van der Waals surface area (Å²) in [6.45, 7) is 1.86. The van der Waals surface area contributed by atoms with Crippen LogP contribution in [0.4, 0.5) is 0 Å². The van der Waals surface area contributed by atoms with Gasteiger partial charge < -0.3 is 0 Å². The van der Waals surface area contributed by atoms with Gasteiger partial charge in [0.1, 0.15) is 0 Å². The van der Waals surface area contributed by atoms with E-state index in [9.17, 15) is 4.79 Å². The van der Waals surface area contributed by atoms with Crippen molar-refractivity contribution in [3.63, 3.8) is 0 Å². The SMILES string of the molecule is C/C(=N\NC(=O)CSc1nnc(SCc2cccc3ccccc23)s1)c1ccc(Br)cc1. The van der Waals surface area contributed by atoms with E-state index in [1.807, 2.05) is 31.2 Å². The highest BCUT2D eigenvalue weighted by Crippen LogP contribution is 2.32. The third-order valence-corrected chi connectivity index (χ3v) is 8.32. The summed E-state index contributed by atoms with van der Waals surface area (Å²) in [5.74, 6) is 0.886. The largest absolute Gasteiger partial charge is 0.272 e. The minimum atomic E-state index is -0.174. The molecule has 0 aliphatic heterocycles. The van der Waals surface area contributed by atoms with Crippen molar-refractivity contribution in [1.82, 2.24) is 15.6 Å². The standard InChI is InChI=1S/C23H19BrN4OS3/c1-15(16-9-11-19(24)12-10-16)25-26-21(29)14-31-23-28-27-22(32-23)30-13-18-7-4-6-17-5-2-3-8-20(17)18/h2-12H,13-14H2,1H3,(H,26,29)/b25-15+. The Labute approximate surface area is 207 Å². The molecule has 0 atom stereocenters. The Kier molecular flexibility index (Phi) is 7.96. The molecule has 0 spiro atoms. The zero-order valence-electron chi connectivity index (χ0n) is 17.1. The number of hydrazone groups is 1. The molecule has 0 saturated carbocycles. The molecular weight excluding hydrogens is 524 g/mol. The summed E-state index contributed by atoms with van der Waals surface area (Å²) in [7, 11) is 0. The van der Waals surface area contributed by atoms with Gasteiger partial charge in [-0.25, -0.2) is 5.43 Å². The number of amides is 1. The summed E-state index contributed by atoms with van der Waals surface area (Å²) in [5, 5.41) is 15.1. The van der Waals surface area contributed by atoms with E-state index in [0.29, 0.717) is 0 Å². The zero-order chi connectivity index (χ0) is 22.3. The van der Waals surface area contributed by atoms with Crippen LogP contribution in [0.15, 0.2) is 85.0 Å². The molecule has 4 aromatic rings. The first kappa shape index (κ1) is 23.0. The summed E-state index contributed by atoms with van der Waals surface area (Å²) in [5.41, 5.74) is 5.58. The molecule has 0 bridgehead atoms. The lowest BCUT2D eigenvalue weighted by molar-refractivity contribution is -0.118. The first-order valence-corrected chi connectivity index (χ1v) is 13.3. The minimum Gasteiger partial charge on any atom is -0.272 e. The van der Waals surface area contributed by atoms with Crippen molar-refractivity contribution >= 4 is 73.2 Å². The van der Waals surface area contributed by atoms with Gasteiger partial charge in [-0.3, -0.25) is 4.79 Å². The molecule has 0 saturated heterocycles. The van der Waals surface area contributed by atoms with Crippen LogP contribution in [0, 0.1) is 0 Å². The maximum atomic E-state index is 12.2. The summed E-state index contributed by atoms with van der Waals surface area (Å²) in [6, 6.07) is 22.5. The molecule has 1 amide bonds. The van der Waals surface area contributed by atoms with Crippen molar-refractivity contribution in [1.29, 1.82) is 0 Å². The van der Waals surface area contributed by atoms with E-state index in [1.165, 1.54) is 39.4 Å². The minimum absolute atomic E-state index is 0.174. The van der Waals surface area contributed by atoms with Gasteiger partial charge >= 0.3 is 0 Å². The molecule has 1 N–H and O–H groups in total. The molecule has 4 rings (SSSR count). The molecule has 3 aromatic carbocycles. The van der Waals surface area contributed by atoms with E-state index in [4.69, 9.17) is 0 Å². The molecule has 0 unspecified atom stereocenters. The predicted octanol–water partition coefficient (Wildman–Crippen LogP) is 6.38. The average Bonchev–Trinajstić information content (AvgIpc) is 3.28. The number of nitrogens with one attached hydrogen (secondary N) is 1. The number of aromatic nitrogens is 2. The topological polar surface area (TPSA) is 67.2 Å². The van der Waals surface area contributed by atoms with Crippen LogP contribution in [-0.4, -0.2) is 27.6 Å². The molecule has 0 fully saturated rings. The summed E-state index contributed by atoms with van der Waals surface area (Å²) in [6.07, 6.45) is 0. The molecule has 0 aliphatic rings. The Hall–Kier alpha value is -2.20. The summed E-state index contributed by atoms with van der Waals surface area (Å²) >= 11 is 7.94. The molecule has 162 valence electrons. The van der Waals surface area contributed by atoms with Gasteiger partial charge in [0.25, 0.3) is 5.91 Å². The quantitative estimate of drug-likeness (QED) is 0.159. The Morgan fingerprint density at radius 1 is 1.00 bits per heavy atom. The number of nitrogens with zero attached hydrogens (tertiary/aromatic N) is 3. The normalized spacial score (nSPS) is 11.6. The predicted molar refractivity (Wildman–Crippen MR) is 139 cm³/mol.